The average molecular weight is 1430 g/mol. The van der Waals surface area contributed by atoms with Crippen LogP contribution in [0.5, 0.6) is 0 Å². The Kier molecular flexibility index (Phi) is 21.8. The Morgan fingerprint density at radius 3 is 1.10 bits per heavy atom. The van der Waals surface area contributed by atoms with Crippen molar-refractivity contribution in [1.82, 2.24) is 0 Å². The Morgan fingerprint density at radius 2 is 0.878 bits per heavy atom. The van der Waals surface area contributed by atoms with Crippen molar-refractivity contribution in [3.63, 3.8) is 0 Å². The first-order valence-corrected chi connectivity index (χ1v) is 20.4. The molecule has 0 aliphatic carbocycles. The number of nitrogens with one attached hydrogen (secondary N) is 2. The van der Waals surface area contributed by atoms with Gasteiger partial charge in [0.1, 0.15) is 0 Å². The molecule has 0 saturated heterocycles. The van der Waals surface area contributed by atoms with Crippen molar-refractivity contribution in [2.75, 3.05) is 24.7 Å². The van der Waals surface area contributed by atoms with Gasteiger partial charge in [0.2, 0.25) is 0 Å². The number of hydrogen-bond donors (Lipinski definition) is 4. The molecule has 0 unspecified atom stereocenters. The highest BCUT2D eigenvalue weighted by Crippen LogP contribution is 2.38. The molecule has 0 saturated carbocycles. The van der Waals surface area contributed by atoms with Crippen molar-refractivity contribution in [1.29, 1.82) is 0 Å². The first kappa shape index (κ1) is 47.4. The minimum absolute atomic E-state index is 0.0376. The molecule has 0 amide bonds. The highest BCUT2D eigenvalue weighted by atomic mass is 127. The van der Waals surface area contributed by atoms with E-state index >= 15 is 0 Å². The smallest absolute Gasteiger partial charge is 0.344 e. The lowest BCUT2D eigenvalue weighted by atomic mass is 10.1. The van der Waals surface area contributed by atoms with E-state index in [-0.39, 0.29) is 6.61 Å². The number of ether oxygens (including phenoxy) is 1. The largest absolute Gasteiger partial charge is 0.479 e. The molecule has 0 aliphatic heterocycles. The summed E-state index contributed by atoms with van der Waals surface area (Å²) in [4.78, 5) is 66.6. The van der Waals surface area contributed by atoms with Gasteiger partial charge in [0.25, 0.3) is 27.1 Å². The molecular weight excluding hydrogens is 1410 g/mol. The van der Waals surface area contributed by atoms with Gasteiger partial charge < -0.3 is 25.6 Å². The lowest BCUT2D eigenvalue weighted by Crippen LogP contribution is -2.32. The number of hydrogen-bond acceptors (Lipinski definition) is 9. The zero-order valence-electron chi connectivity index (χ0n) is 24.2. The standard InChI is InChI=1S/C10H10O5.2C9H4Cl2I3NO2/c11-9(12)8(10(13)14)15-6-7-4-2-1-3-5-7;2*1-15-7-5(13)2(8(10)16)4(12)3(6(7)14)9(11)17/h1-5,8H,6H2,(H,11,12)(H,13,14);2*15H,1H3. The number of rotatable bonds is 11. The molecule has 49 heavy (non-hydrogen) atoms. The summed E-state index contributed by atoms with van der Waals surface area (Å²) >= 11 is 34.0. The second-order valence-electron chi connectivity index (χ2n) is 8.58. The van der Waals surface area contributed by atoms with E-state index in [4.69, 9.17) is 61.4 Å². The van der Waals surface area contributed by atoms with E-state index in [0.29, 0.717) is 55.0 Å². The molecule has 0 heterocycles. The third kappa shape index (κ3) is 13.0. The zero-order valence-corrected chi connectivity index (χ0v) is 40.2. The summed E-state index contributed by atoms with van der Waals surface area (Å²) in [6.45, 7) is -0.0376. The average Bonchev–Trinajstić information content (AvgIpc) is 2.97. The van der Waals surface area contributed by atoms with Crippen molar-refractivity contribution in [3.05, 3.63) is 79.6 Å². The van der Waals surface area contributed by atoms with Crippen LogP contribution in [0.2, 0.25) is 0 Å². The van der Waals surface area contributed by atoms with Gasteiger partial charge in [0.15, 0.2) is 0 Å². The lowest BCUT2D eigenvalue weighted by molar-refractivity contribution is -0.166. The minimum Gasteiger partial charge on any atom is -0.479 e. The molecule has 11 nitrogen and oxygen atoms in total. The van der Waals surface area contributed by atoms with Gasteiger partial charge >= 0.3 is 11.9 Å². The molecule has 264 valence electrons. The minimum atomic E-state index is -1.81. The Hall–Kier alpha value is 0.380. The number of aliphatic carboxylic acids is 2. The summed E-state index contributed by atoms with van der Waals surface area (Å²) < 4.78 is 8.44. The zero-order chi connectivity index (χ0) is 37.9. The number of carbonyl (C=O) groups excluding carboxylic acids is 4. The number of carbonyl (C=O) groups is 6. The third-order valence-electron chi connectivity index (χ3n) is 5.63. The molecule has 0 aliphatic rings. The van der Waals surface area contributed by atoms with E-state index in [2.05, 4.69) is 10.6 Å². The van der Waals surface area contributed by atoms with E-state index in [1.165, 1.54) is 0 Å². The molecule has 3 rings (SSSR count). The Morgan fingerprint density at radius 1 is 0.592 bits per heavy atom. The number of carboxylic acid groups (broad SMARTS) is 2. The van der Waals surface area contributed by atoms with Gasteiger partial charge in [0.05, 0.1) is 54.5 Å². The molecule has 0 spiro atoms. The summed E-state index contributed by atoms with van der Waals surface area (Å²) in [5.41, 5.74) is 3.32. The second-order valence-corrected chi connectivity index (χ2v) is 16.4. The predicted molar refractivity (Wildman–Crippen MR) is 239 cm³/mol. The molecule has 3 aromatic rings. The number of carboxylic acids is 2. The first-order chi connectivity index (χ1) is 22.8. The summed E-state index contributed by atoms with van der Waals surface area (Å²) in [5.74, 6) is -3.00. The molecule has 21 heteroatoms. The maximum atomic E-state index is 11.4. The number of benzene rings is 3. The monoisotopic (exact) mass is 1430 g/mol. The van der Waals surface area contributed by atoms with Gasteiger partial charge in [-0.05, 0) is 188 Å². The van der Waals surface area contributed by atoms with Crippen molar-refractivity contribution in [3.8, 4) is 0 Å². The molecule has 4 N–H and O–H groups in total. The summed E-state index contributed by atoms with van der Waals surface area (Å²) in [7, 11) is 3.41. The normalized spacial score (nSPS) is 10.2. The van der Waals surface area contributed by atoms with Crippen LogP contribution in [0.15, 0.2) is 30.3 Å². The molecule has 0 bridgehead atoms. The van der Waals surface area contributed by atoms with Crippen LogP contribution in [0.3, 0.4) is 0 Å². The lowest BCUT2D eigenvalue weighted by Gasteiger charge is -2.15. The van der Waals surface area contributed by atoms with Gasteiger partial charge in [-0.15, -0.1) is 0 Å². The van der Waals surface area contributed by atoms with E-state index in [0.717, 1.165) is 5.56 Å². The van der Waals surface area contributed by atoms with Crippen LogP contribution in [0.4, 0.5) is 11.4 Å². The van der Waals surface area contributed by atoms with Crippen molar-refractivity contribution >= 4 is 226 Å². The van der Waals surface area contributed by atoms with Gasteiger partial charge in [-0.1, -0.05) is 30.3 Å². The fraction of sp³-hybridized carbons (Fsp3) is 0.143. The Balaban J connectivity index is 0.000000368. The van der Waals surface area contributed by atoms with E-state index in [9.17, 15) is 28.8 Å². The molecular formula is C28H18Cl4I6N2O9. The maximum absolute atomic E-state index is 11.4. The SMILES string of the molecule is CNc1c(I)c(C(=O)Cl)c(I)c(C(=O)Cl)c1I.CNc1c(I)c(C(=O)Cl)c(I)c(C(=O)Cl)c1I.O=C(O)C(OCc1ccccc1)C(=O)O. The van der Waals surface area contributed by atoms with Crippen LogP contribution in [0.1, 0.15) is 47.0 Å². The van der Waals surface area contributed by atoms with Crippen LogP contribution >= 0.6 is 182 Å². The van der Waals surface area contributed by atoms with Crippen molar-refractivity contribution in [2.24, 2.45) is 0 Å². The van der Waals surface area contributed by atoms with Crippen LogP contribution in [0, 0.1) is 21.4 Å². The highest BCUT2D eigenvalue weighted by molar-refractivity contribution is 14.1. The molecule has 0 fully saturated rings. The van der Waals surface area contributed by atoms with Crippen molar-refractivity contribution in [2.45, 2.75) is 12.7 Å². The third-order valence-corrected chi connectivity index (χ3v) is 12.9. The maximum Gasteiger partial charge on any atom is 0.344 e. The van der Waals surface area contributed by atoms with Crippen molar-refractivity contribution < 1.29 is 43.7 Å². The summed E-state index contributed by atoms with van der Waals surface area (Å²) in [5, 5.41) is 20.5. The fourth-order valence-electron chi connectivity index (χ4n) is 3.46. The first-order valence-electron chi connectivity index (χ1n) is 12.4. The highest BCUT2D eigenvalue weighted by Gasteiger charge is 2.28. The van der Waals surface area contributed by atoms with Gasteiger partial charge in [-0.2, -0.15) is 0 Å². The summed E-state index contributed by atoms with van der Waals surface area (Å²) in [6.07, 6.45) is -1.81. The van der Waals surface area contributed by atoms with Gasteiger partial charge in [-0.3, -0.25) is 19.2 Å². The van der Waals surface area contributed by atoms with E-state index < -0.39 is 39.0 Å². The van der Waals surface area contributed by atoms with Crippen LogP contribution < -0.4 is 10.6 Å². The van der Waals surface area contributed by atoms with Gasteiger partial charge in [0, 0.05) is 21.2 Å². The molecule has 0 atom stereocenters. The second kappa shape index (κ2) is 22.6. The van der Waals surface area contributed by atoms with E-state index in [1.54, 1.807) is 44.4 Å². The quantitative estimate of drug-likeness (QED) is 0.0818. The Bertz CT molecular complexity index is 1610. The molecule has 0 radical (unpaired) electrons. The van der Waals surface area contributed by atoms with Gasteiger partial charge in [-0.25, -0.2) is 9.59 Å². The number of halogens is 10. The molecule has 3 aromatic carbocycles. The van der Waals surface area contributed by atoms with Crippen LogP contribution in [-0.2, 0) is 20.9 Å². The topological polar surface area (TPSA) is 176 Å². The molecule has 0 aromatic heterocycles. The number of anilines is 2. The summed E-state index contributed by atoms with van der Waals surface area (Å²) in [6, 6.07) is 8.77. The van der Waals surface area contributed by atoms with Crippen LogP contribution in [-0.4, -0.2) is 63.3 Å². The fourth-order valence-corrected chi connectivity index (χ4v) is 14.9. The predicted octanol–water partition coefficient (Wildman–Crippen LogP) is 9.34. The van der Waals surface area contributed by atoms with Crippen LogP contribution in [0.25, 0.3) is 0 Å². The van der Waals surface area contributed by atoms with E-state index in [1.807, 2.05) is 136 Å². The Labute approximate surface area is 381 Å².